The van der Waals surface area contributed by atoms with Crippen LogP contribution >= 0.6 is 15.6 Å². The van der Waals surface area contributed by atoms with E-state index < -0.39 is 97.5 Å². The van der Waals surface area contributed by atoms with E-state index in [-0.39, 0.29) is 25.7 Å². The fourth-order valence-electron chi connectivity index (χ4n) is 11.2. The summed E-state index contributed by atoms with van der Waals surface area (Å²) in [6, 6.07) is 0. The van der Waals surface area contributed by atoms with Crippen molar-refractivity contribution < 1.29 is 80.2 Å². The molecule has 5 atom stereocenters. The molecule has 0 aromatic heterocycles. The Hall–Kier alpha value is -4.80. The third-order valence-electron chi connectivity index (χ3n) is 17.6. The van der Waals surface area contributed by atoms with Crippen molar-refractivity contribution in [1.82, 2.24) is 0 Å². The second-order valence-corrected chi connectivity index (χ2v) is 30.9. The van der Waals surface area contributed by atoms with Crippen molar-refractivity contribution in [2.45, 2.75) is 367 Å². The summed E-state index contributed by atoms with van der Waals surface area (Å²) >= 11 is 0. The summed E-state index contributed by atoms with van der Waals surface area (Å²) < 4.78 is 68.7. The molecule has 108 heavy (non-hydrogen) atoms. The lowest BCUT2D eigenvalue weighted by atomic mass is 10.0. The van der Waals surface area contributed by atoms with E-state index in [1.807, 2.05) is 12.2 Å². The van der Waals surface area contributed by atoms with Gasteiger partial charge in [0.2, 0.25) is 0 Å². The third-order valence-corrected chi connectivity index (χ3v) is 19.5. The van der Waals surface area contributed by atoms with E-state index >= 15 is 0 Å². The van der Waals surface area contributed by atoms with Crippen LogP contribution in [0, 0.1) is 0 Å². The summed E-state index contributed by atoms with van der Waals surface area (Å²) in [6.45, 7) is 4.64. The van der Waals surface area contributed by atoms with Gasteiger partial charge in [-0.15, -0.1) is 0 Å². The molecule has 0 spiro atoms. The number of rotatable bonds is 79. The van der Waals surface area contributed by atoms with Gasteiger partial charge in [0.1, 0.15) is 19.3 Å². The average molecular weight is 1560 g/mol. The summed E-state index contributed by atoms with van der Waals surface area (Å²) in [7, 11) is -10.00. The van der Waals surface area contributed by atoms with Crippen molar-refractivity contribution in [2.75, 3.05) is 39.6 Å². The molecule has 0 radical (unpaired) electrons. The zero-order valence-corrected chi connectivity index (χ0v) is 69.8. The van der Waals surface area contributed by atoms with Crippen molar-refractivity contribution in [3.63, 3.8) is 0 Å². The van der Waals surface area contributed by atoms with Crippen LogP contribution in [0.4, 0.5) is 0 Å². The summed E-state index contributed by atoms with van der Waals surface area (Å²) in [5.74, 6) is -2.30. The van der Waals surface area contributed by atoms with Gasteiger partial charge in [-0.05, 0) is 135 Å². The lowest BCUT2D eigenvalue weighted by Gasteiger charge is -2.21. The molecule has 0 aliphatic heterocycles. The number of aliphatic hydroxyl groups excluding tert-OH is 1. The number of allylic oxidation sites excluding steroid dienone is 22. The Bertz CT molecular complexity index is 2560. The summed E-state index contributed by atoms with van der Waals surface area (Å²) in [4.78, 5) is 73.2. The normalized spacial score (nSPS) is 14.5. The van der Waals surface area contributed by atoms with E-state index in [1.54, 1.807) is 0 Å². The smallest absolute Gasteiger partial charge is 0.462 e. The molecule has 2 unspecified atom stereocenters. The highest BCUT2D eigenvalue weighted by molar-refractivity contribution is 7.47. The lowest BCUT2D eigenvalue weighted by molar-refractivity contribution is -0.161. The van der Waals surface area contributed by atoms with E-state index in [1.165, 1.54) is 122 Å². The Kier molecular flexibility index (Phi) is 76.7. The molecular weight excluding hydrogens is 1400 g/mol. The number of aliphatic hydroxyl groups is 1. The fraction of sp³-hybridized carbons (Fsp3) is 0.708. The molecule has 0 aromatic carbocycles. The first-order valence-electron chi connectivity index (χ1n) is 42.4. The molecule has 0 aliphatic carbocycles. The van der Waals surface area contributed by atoms with E-state index in [9.17, 15) is 43.2 Å². The van der Waals surface area contributed by atoms with Gasteiger partial charge in [0, 0.05) is 25.7 Å². The second kappa shape index (κ2) is 80.3. The molecule has 0 rings (SSSR count). The number of ether oxygens (including phenoxy) is 4. The molecule has 3 N–H and O–H groups in total. The molecule has 0 saturated carbocycles. The first-order valence-corrected chi connectivity index (χ1v) is 45.4. The molecule has 0 bridgehead atoms. The van der Waals surface area contributed by atoms with Gasteiger partial charge in [0.05, 0.1) is 26.4 Å². The zero-order valence-electron chi connectivity index (χ0n) is 68.0. The van der Waals surface area contributed by atoms with E-state index in [4.69, 9.17) is 37.0 Å². The number of hydrogen-bond donors (Lipinski definition) is 3. The predicted molar refractivity (Wildman–Crippen MR) is 445 cm³/mol. The van der Waals surface area contributed by atoms with Crippen LogP contribution in [0.5, 0.6) is 0 Å². The molecule has 0 fully saturated rings. The highest BCUT2D eigenvalue weighted by Gasteiger charge is 2.30. The zero-order chi connectivity index (χ0) is 78.9. The summed E-state index contributed by atoms with van der Waals surface area (Å²) in [5, 5.41) is 10.7. The van der Waals surface area contributed by atoms with Gasteiger partial charge in [-0.3, -0.25) is 37.3 Å². The number of phosphoric acid groups is 2. The molecule has 0 aromatic rings. The number of carbonyl (C=O) groups excluding carboxylic acids is 4. The molecule has 0 saturated heterocycles. The van der Waals surface area contributed by atoms with Crippen LogP contribution in [0.25, 0.3) is 0 Å². The van der Waals surface area contributed by atoms with E-state index in [0.717, 1.165) is 141 Å². The molecule has 0 amide bonds. The minimum atomic E-state index is -5.00. The monoisotopic (exact) mass is 1560 g/mol. The Morgan fingerprint density at radius 3 is 0.833 bits per heavy atom. The molecule has 0 aliphatic rings. The van der Waals surface area contributed by atoms with Crippen molar-refractivity contribution in [3.8, 4) is 0 Å². The van der Waals surface area contributed by atoms with Gasteiger partial charge < -0.3 is 33.8 Å². The molecule has 19 heteroatoms. The first kappa shape index (κ1) is 103. The van der Waals surface area contributed by atoms with Crippen molar-refractivity contribution in [1.29, 1.82) is 0 Å². The van der Waals surface area contributed by atoms with Gasteiger partial charge in [0.25, 0.3) is 0 Å². The van der Waals surface area contributed by atoms with Gasteiger partial charge >= 0.3 is 39.5 Å². The van der Waals surface area contributed by atoms with Gasteiger partial charge in [-0.25, -0.2) is 9.13 Å². The Balaban J connectivity index is 5.45. The molecule has 17 nitrogen and oxygen atoms in total. The van der Waals surface area contributed by atoms with Crippen LogP contribution in [0.2, 0.25) is 0 Å². The predicted octanol–water partition coefficient (Wildman–Crippen LogP) is 25.2. The minimum Gasteiger partial charge on any atom is -0.462 e. The van der Waals surface area contributed by atoms with Crippen molar-refractivity contribution in [2.24, 2.45) is 0 Å². The maximum absolute atomic E-state index is 13.1. The fourth-order valence-corrected chi connectivity index (χ4v) is 12.7. The Morgan fingerprint density at radius 1 is 0.269 bits per heavy atom. The van der Waals surface area contributed by atoms with Gasteiger partial charge in [0.15, 0.2) is 12.2 Å². The highest BCUT2D eigenvalue weighted by Crippen LogP contribution is 2.45. The van der Waals surface area contributed by atoms with Crippen LogP contribution in [-0.4, -0.2) is 96.7 Å². The SMILES string of the molecule is CC/C=C\C/C=C\C/C=C\C/C=C\C/C=C\CCCCCC(=O)OC[C@H](COP(=O)(O)OC[C@@H](O)COP(=O)(O)OC[C@@H](COC(=O)CC/C=C\C/C=C\C/C=C\C/C=C\C/C=C\CCCCC)OC(=O)CCCCCCCCCCCCCCCCC)OC(=O)CCCCCCC/C=C\CCCCCCCC. The number of unbranched alkanes of at least 4 members (excludes halogenated alkanes) is 31. The quantitative estimate of drug-likeness (QED) is 0.0169. The van der Waals surface area contributed by atoms with E-state index in [2.05, 4.69) is 149 Å². The van der Waals surface area contributed by atoms with Crippen molar-refractivity contribution >= 4 is 39.5 Å². The maximum Gasteiger partial charge on any atom is 0.472 e. The van der Waals surface area contributed by atoms with Gasteiger partial charge in [-0.1, -0.05) is 322 Å². The number of hydrogen-bond acceptors (Lipinski definition) is 15. The van der Waals surface area contributed by atoms with Gasteiger partial charge in [-0.2, -0.15) is 0 Å². The standard InChI is InChI=1S/C89H152O17P2/c1-5-9-13-17-21-25-29-33-37-39-41-43-47-49-53-57-61-65-69-73-86(91)99-79-84(105-88(93)75-71-67-63-59-55-51-45-35-31-27-23-19-15-11-7-3)81-103-107(95,96)101-77-83(90)78-102-108(97,98)104-82-85(106-89(94)76-72-68-64-60-56-52-46-36-32-28-24-20-16-12-8-4)80-100-87(92)74-70-66-62-58-54-50-48-44-42-40-38-34-30-26-22-18-14-10-6-2/h9,13,21-22,25-26,33-35,37-38,41-45,49-50,53-54,62,66,83-85,90H,5-8,10-12,14-20,23-24,27-32,36,39-40,46-48,51-52,55-61,63-65,67-82H2,1-4H3,(H,95,96)(H,97,98)/b13-9-,25-21-,26-22-,37-33-,38-34-,43-41-,44-42-,45-35-,53-49-,54-50-,66-62-/t83-,84-,85-/m1/s1. The Labute approximate surface area is 656 Å². The van der Waals surface area contributed by atoms with E-state index in [0.29, 0.717) is 32.1 Å². The molecular formula is C89H152O17P2. The second-order valence-electron chi connectivity index (χ2n) is 28.0. The summed E-state index contributed by atoms with van der Waals surface area (Å²) in [5.41, 5.74) is 0. The first-order chi connectivity index (χ1) is 52.7. The highest BCUT2D eigenvalue weighted by atomic mass is 31.2. The largest absolute Gasteiger partial charge is 0.472 e. The lowest BCUT2D eigenvalue weighted by Crippen LogP contribution is -2.30. The number of carbonyl (C=O) groups is 4. The maximum atomic E-state index is 13.1. The van der Waals surface area contributed by atoms with Crippen LogP contribution in [-0.2, 0) is 65.4 Å². The number of phosphoric ester groups is 2. The minimum absolute atomic E-state index is 0.0372. The van der Waals surface area contributed by atoms with Crippen LogP contribution < -0.4 is 0 Å². The topological polar surface area (TPSA) is 237 Å². The van der Waals surface area contributed by atoms with Crippen LogP contribution in [0.3, 0.4) is 0 Å². The molecule has 0 heterocycles. The van der Waals surface area contributed by atoms with Crippen molar-refractivity contribution in [3.05, 3.63) is 134 Å². The van der Waals surface area contributed by atoms with Crippen LogP contribution in [0.1, 0.15) is 349 Å². The molecule has 620 valence electrons. The number of esters is 4. The summed E-state index contributed by atoms with van der Waals surface area (Å²) in [6.07, 6.45) is 91.4. The average Bonchev–Trinajstić information content (AvgIpc) is 0.923. The van der Waals surface area contributed by atoms with Crippen LogP contribution in [0.15, 0.2) is 134 Å². The third kappa shape index (κ3) is 79.3. The Morgan fingerprint density at radius 2 is 0.500 bits per heavy atom.